The lowest BCUT2D eigenvalue weighted by atomic mass is 9.94. The molecule has 0 aliphatic heterocycles. The highest BCUT2D eigenvalue weighted by molar-refractivity contribution is 7.26. The van der Waals surface area contributed by atoms with E-state index < -0.39 is 58.1 Å². The summed E-state index contributed by atoms with van der Waals surface area (Å²) in [5, 5.41) is 2.33. The van der Waals surface area contributed by atoms with Crippen molar-refractivity contribution in [1.29, 1.82) is 0 Å². The second-order valence-corrected chi connectivity index (χ2v) is 19.4. The number of hydrogen-bond donors (Lipinski definition) is 0. The van der Waals surface area contributed by atoms with Crippen LogP contribution in [0.25, 0.3) is 115 Å². The molecule has 3 aromatic heterocycles. The highest BCUT2D eigenvalue weighted by Gasteiger charge is 2.40. The summed E-state index contributed by atoms with van der Waals surface area (Å²) in [6, 6.07) is 48.4. The summed E-state index contributed by atoms with van der Waals surface area (Å²) in [6.45, 7) is 0. The molecule has 17 heteroatoms. The molecule has 0 unspecified atom stereocenters. The first-order valence-corrected chi connectivity index (χ1v) is 24.6. The molecule has 0 atom stereocenters. The molecule has 0 N–H and O–H groups in total. The third-order valence-corrected chi connectivity index (χ3v) is 14.8. The Labute approximate surface area is 438 Å². The van der Waals surface area contributed by atoms with Gasteiger partial charge in [0.2, 0.25) is 0 Å². The van der Waals surface area contributed by atoms with Crippen LogP contribution in [0.3, 0.4) is 0 Å². The average molecular weight is 1080 g/mol. The first-order valence-electron chi connectivity index (χ1n) is 23.8. The fourth-order valence-electron chi connectivity index (χ4n) is 10.0. The molecule has 4 nitrogen and oxygen atoms in total. The summed E-state index contributed by atoms with van der Waals surface area (Å²) >= 11 is 1.60. The van der Waals surface area contributed by atoms with Gasteiger partial charge in [0.05, 0.1) is 39.0 Å². The van der Waals surface area contributed by atoms with E-state index in [2.05, 4.69) is 0 Å². The molecule has 0 radical (unpaired) electrons. The Bertz CT molecular complexity index is 4140. The molecule has 78 heavy (non-hydrogen) atoms. The second kappa shape index (κ2) is 18.4. The topological polar surface area (TPSA) is 43.6 Å². The number of halogens is 12. The summed E-state index contributed by atoms with van der Waals surface area (Å²) in [7, 11) is 0. The van der Waals surface area contributed by atoms with Gasteiger partial charge in [-0.2, -0.15) is 52.7 Å². The number of nitrogens with zero attached hydrogens (tertiary/aromatic N) is 4. The third kappa shape index (κ3) is 8.96. The van der Waals surface area contributed by atoms with Crippen LogP contribution in [0, 0.1) is 0 Å². The molecule has 9 aromatic carbocycles. The van der Waals surface area contributed by atoms with Crippen molar-refractivity contribution in [3.8, 4) is 73.2 Å². The molecular weight excluding hydrogens is 1050 g/mol. The van der Waals surface area contributed by atoms with E-state index in [4.69, 9.17) is 15.0 Å². The Kier molecular flexibility index (Phi) is 11.8. The summed E-state index contributed by atoms with van der Waals surface area (Å²) in [5.74, 6) is 0.770. The Morgan fingerprint density at radius 2 is 0.782 bits per heavy atom. The van der Waals surface area contributed by atoms with Crippen LogP contribution in [0.5, 0.6) is 0 Å². The zero-order valence-electron chi connectivity index (χ0n) is 39.7. The number of alkyl halides is 12. The van der Waals surface area contributed by atoms with E-state index in [1.165, 1.54) is 36.4 Å². The maximum Gasteiger partial charge on any atom is 0.417 e. The van der Waals surface area contributed by atoms with Crippen LogP contribution in [-0.4, -0.2) is 19.5 Å². The minimum atomic E-state index is -5.28. The van der Waals surface area contributed by atoms with Gasteiger partial charge in [0.1, 0.15) is 0 Å². The summed E-state index contributed by atoms with van der Waals surface area (Å²) in [6.07, 6.45) is -20.8. The van der Waals surface area contributed by atoms with Crippen LogP contribution in [0.1, 0.15) is 22.3 Å². The van der Waals surface area contributed by atoms with E-state index in [9.17, 15) is 52.7 Å². The Morgan fingerprint density at radius 1 is 0.321 bits per heavy atom. The molecular formula is C61H32F12N4S. The number of fused-ring (bicyclic) bond motifs is 6. The maximum atomic E-state index is 14.8. The quantitative estimate of drug-likeness (QED) is 0.149. The van der Waals surface area contributed by atoms with Crippen molar-refractivity contribution in [2.45, 2.75) is 24.7 Å². The van der Waals surface area contributed by atoms with Gasteiger partial charge in [-0.05, 0) is 100 Å². The van der Waals surface area contributed by atoms with Gasteiger partial charge in [0.25, 0.3) is 0 Å². The molecule has 0 bridgehead atoms. The van der Waals surface area contributed by atoms with Crippen molar-refractivity contribution < 1.29 is 52.7 Å². The zero-order valence-corrected chi connectivity index (χ0v) is 40.5. The lowest BCUT2D eigenvalue weighted by Crippen LogP contribution is -2.12. The third-order valence-electron chi connectivity index (χ3n) is 13.6. The van der Waals surface area contributed by atoms with Crippen molar-refractivity contribution in [3.05, 3.63) is 216 Å². The van der Waals surface area contributed by atoms with Gasteiger partial charge in [0.15, 0.2) is 17.5 Å². The molecule has 3 heterocycles. The SMILES string of the molecule is FC(F)(F)c1ccc(-c2ccc3c(c2)c2cc(-c4ccc(C(F)(F)F)cc4C(F)(F)F)ccc2n3-c2ccc(-c3cccc4c3sc3ccccc34)cc2-c2nc(-c3ccccc3)nc(-c3ccccc3)n2)c(C(F)(F)F)c1. The minimum absolute atomic E-state index is 0.0134. The van der Waals surface area contributed by atoms with E-state index in [0.717, 1.165) is 31.3 Å². The Balaban J connectivity index is 1.17. The van der Waals surface area contributed by atoms with Crippen molar-refractivity contribution >= 4 is 53.3 Å². The first kappa shape index (κ1) is 50.0. The normalized spacial score (nSPS) is 12.6. The highest BCUT2D eigenvalue weighted by atomic mass is 32.1. The monoisotopic (exact) mass is 1080 g/mol. The van der Waals surface area contributed by atoms with Gasteiger partial charge in [0, 0.05) is 47.6 Å². The smallest absolute Gasteiger partial charge is 0.308 e. The van der Waals surface area contributed by atoms with Crippen molar-refractivity contribution in [2.24, 2.45) is 0 Å². The van der Waals surface area contributed by atoms with E-state index >= 15 is 0 Å². The van der Waals surface area contributed by atoms with Crippen molar-refractivity contribution in [3.63, 3.8) is 0 Å². The molecule has 386 valence electrons. The summed E-state index contributed by atoms with van der Waals surface area (Å²) in [5.41, 5.74) is -3.69. The Morgan fingerprint density at radius 3 is 1.29 bits per heavy atom. The zero-order chi connectivity index (χ0) is 54.5. The summed E-state index contributed by atoms with van der Waals surface area (Å²) < 4.78 is 176. The highest BCUT2D eigenvalue weighted by Crippen LogP contribution is 2.48. The molecule has 0 amide bonds. The molecule has 12 rings (SSSR count). The minimum Gasteiger partial charge on any atom is -0.308 e. The number of benzene rings is 9. The lowest BCUT2D eigenvalue weighted by Gasteiger charge is -2.18. The van der Waals surface area contributed by atoms with Crippen LogP contribution in [0.4, 0.5) is 52.7 Å². The maximum absolute atomic E-state index is 14.8. The number of aromatic nitrogens is 4. The Hall–Kier alpha value is -8.83. The van der Waals surface area contributed by atoms with Gasteiger partial charge in [-0.3, -0.25) is 0 Å². The van der Waals surface area contributed by atoms with E-state index in [0.29, 0.717) is 58.3 Å². The number of hydrogen-bond acceptors (Lipinski definition) is 4. The first-order chi connectivity index (χ1) is 37.2. The van der Waals surface area contributed by atoms with Gasteiger partial charge in [-0.25, -0.2) is 15.0 Å². The molecule has 0 fully saturated rings. The van der Waals surface area contributed by atoms with Gasteiger partial charge >= 0.3 is 24.7 Å². The van der Waals surface area contributed by atoms with Crippen molar-refractivity contribution in [2.75, 3.05) is 0 Å². The fraction of sp³-hybridized carbons (Fsp3) is 0.0656. The van der Waals surface area contributed by atoms with Gasteiger partial charge in [-0.15, -0.1) is 11.3 Å². The predicted octanol–water partition coefficient (Wildman–Crippen LogP) is 19.4. The lowest BCUT2D eigenvalue weighted by molar-refractivity contribution is -0.144. The van der Waals surface area contributed by atoms with E-state index in [-0.39, 0.29) is 50.9 Å². The number of rotatable bonds is 7. The number of thiophene rings is 1. The average Bonchev–Trinajstić information content (AvgIpc) is 4.20. The van der Waals surface area contributed by atoms with Crippen LogP contribution >= 0.6 is 11.3 Å². The molecule has 0 saturated carbocycles. The van der Waals surface area contributed by atoms with Crippen LogP contribution < -0.4 is 0 Å². The van der Waals surface area contributed by atoms with Crippen molar-refractivity contribution in [1.82, 2.24) is 19.5 Å². The second-order valence-electron chi connectivity index (χ2n) is 18.4. The van der Waals surface area contributed by atoms with Gasteiger partial charge < -0.3 is 4.57 Å². The van der Waals surface area contributed by atoms with Gasteiger partial charge in [-0.1, -0.05) is 127 Å². The largest absolute Gasteiger partial charge is 0.417 e. The van der Waals surface area contributed by atoms with Crippen LogP contribution in [0.2, 0.25) is 0 Å². The molecule has 0 spiro atoms. The molecule has 12 aromatic rings. The van der Waals surface area contributed by atoms with E-state index in [1.54, 1.807) is 22.0 Å². The van der Waals surface area contributed by atoms with Crippen LogP contribution in [0.15, 0.2) is 194 Å². The van der Waals surface area contributed by atoms with E-state index in [1.807, 2.05) is 115 Å². The fourth-order valence-corrected chi connectivity index (χ4v) is 11.3. The molecule has 0 aliphatic carbocycles. The summed E-state index contributed by atoms with van der Waals surface area (Å²) in [4.78, 5) is 15.0. The molecule has 0 aliphatic rings. The standard InChI is InChI=1S/C61H32F12N4S/c62-58(63,64)38-21-23-40(48(31-38)60(68,69)70)35-18-25-50-45(28-35)46-29-36(41-24-22-39(59(65,66)67)32-49(41)61(71,72)73)19-26-51(46)77(50)52-27-20-37(42-15-9-16-44-43-14-7-8-17-53(43)78-54(42)44)30-47(52)57-75-55(33-10-3-1-4-11-33)74-56(76-57)34-12-5-2-6-13-34/h1-32H. The van der Waals surface area contributed by atoms with Crippen LogP contribution in [-0.2, 0) is 24.7 Å². The predicted molar refractivity (Wildman–Crippen MR) is 280 cm³/mol. The molecule has 0 saturated heterocycles.